The summed E-state index contributed by atoms with van der Waals surface area (Å²) in [6.45, 7) is -0.445. The molecule has 0 aromatic heterocycles. The number of carboxylic acid groups (broad SMARTS) is 1. The highest BCUT2D eigenvalue weighted by atomic mass is 16.4. The number of amides is 5. The molecular formula is C30H38N8O7. The molecule has 0 unspecified atom stereocenters. The van der Waals surface area contributed by atoms with Crippen molar-refractivity contribution < 1.29 is 33.9 Å². The third kappa shape index (κ3) is 11.6. The molecule has 0 saturated carbocycles. The molecule has 0 spiro atoms. The Hall–Kier alpha value is -5.47. The van der Waals surface area contributed by atoms with Gasteiger partial charge in [0.1, 0.15) is 24.2 Å². The molecule has 1 aliphatic rings. The number of nitrogens with two attached hydrogens (primary N) is 2. The van der Waals surface area contributed by atoms with E-state index in [1.165, 1.54) is 0 Å². The van der Waals surface area contributed by atoms with E-state index >= 15 is 0 Å². The van der Waals surface area contributed by atoms with Gasteiger partial charge in [0.2, 0.25) is 29.5 Å². The summed E-state index contributed by atoms with van der Waals surface area (Å²) in [6, 6.07) is 12.5. The van der Waals surface area contributed by atoms with Crippen LogP contribution in [0, 0.1) is 0 Å². The first-order chi connectivity index (χ1) is 21.5. The first-order valence-corrected chi connectivity index (χ1v) is 14.3. The largest absolute Gasteiger partial charge is 0.481 e. The lowest BCUT2D eigenvalue weighted by Gasteiger charge is -2.26. The number of hydrogen-bond acceptors (Lipinski definition) is 7. The van der Waals surface area contributed by atoms with Crippen molar-refractivity contribution in [2.45, 2.75) is 56.3 Å². The molecule has 0 aliphatic carbocycles. The van der Waals surface area contributed by atoms with E-state index in [9.17, 15) is 33.9 Å². The lowest BCUT2D eigenvalue weighted by Crippen LogP contribution is -2.58. The maximum Gasteiger partial charge on any atom is 0.305 e. The summed E-state index contributed by atoms with van der Waals surface area (Å²) in [5.74, 6) is -5.42. The van der Waals surface area contributed by atoms with Gasteiger partial charge in [-0.3, -0.25) is 33.8 Å². The van der Waals surface area contributed by atoms with Crippen LogP contribution in [0.4, 0.5) is 0 Å². The number of hydrogen-bond donors (Lipinski definition) is 8. The van der Waals surface area contributed by atoms with E-state index in [2.05, 4.69) is 31.6 Å². The maximum absolute atomic E-state index is 13.7. The van der Waals surface area contributed by atoms with Gasteiger partial charge in [-0.25, -0.2) is 0 Å². The van der Waals surface area contributed by atoms with Gasteiger partial charge in [0.05, 0.1) is 13.0 Å². The highest BCUT2D eigenvalue weighted by Crippen LogP contribution is 2.09. The van der Waals surface area contributed by atoms with Crippen molar-refractivity contribution in [1.82, 2.24) is 26.6 Å². The van der Waals surface area contributed by atoms with Gasteiger partial charge < -0.3 is 43.2 Å². The lowest BCUT2D eigenvalue weighted by atomic mass is 10.0. The quantitative estimate of drug-likeness (QED) is 0.0834. The van der Waals surface area contributed by atoms with Crippen LogP contribution in [-0.2, 0) is 41.6 Å². The number of carboxylic acids is 1. The molecule has 5 amide bonds. The Kier molecular flexibility index (Phi) is 12.8. The molecule has 45 heavy (non-hydrogen) atoms. The van der Waals surface area contributed by atoms with Gasteiger partial charge >= 0.3 is 5.97 Å². The third-order valence-electron chi connectivity index (χ3n) is 6.86. The van der Waals surface area contributed by atoms with E-state index in [-0.39, 0.29) is 38.2 Å². The number of carbonyl (C=O) groups is 6. The molecule has 0 radical (unpaired) electrons. The fourth-order valence-electron chi connectivity index (χ4n) is 4.63. The molecular weight excluding hydrogens is 584 g/mol. The van der Waals surface area contributed by atoms with E-state index in [1.54, 1.807) is 60.7 Å². The molecule has 240 valence electrons. The topological polar surface area (TPSA) is 247 Å². The van der Waals surface area contributed by atoms with Gasteiger partial charge in [-0.05, 0) is 24.0 Å². The highest BCUT2D eigenvalue weighted by Gasteiger charge is 2.33. The van der Waals surface area contributed by atoms with Crippen LogP contribution in [0.2, 0.25) is 0 Å². The molecule has 1 fully saturated rings. The average Bonchev–Trinajstić information content (AvgIpc) is 3.00. The Morgan fingerprint density at radius 3 is 1.69 bits per heavy atom. The van der Waals surface area contributed by atoms with E-state index in [0.717, 1.165) is 0 Å². The summed E-state index contributed by atoms with van der Waals surface area (Å²) < 4.78 is 0. The van der Waals surface area contributed by atoms with Crippen LogP contribution in [0.5, 0.6) is 0 Å². The fraction of sp³-hybridized carbons (Fsp3) is 0.367. The zero-order valence-corrected chi connectivity index (χ0v) is 24.5. The molecule has 15 nitrogen and oxygen atoms in total. The van der Waals surface area contributed by atoms with Crippen molar-refractivity contribution in [2.75, 3.05) is 13.1 Å². The molecule has 1 heterocycles. The van der Waals surface area contributed by atoms with Crippen LogP contribution in [0.3, 0.4) is 0 Å². The maximum atomic E-state index is 13.7. The van der Waals surface area contributed by atoms with E-state index in [0.29, 0.717) is 11.1 Å². The second-order valence-electron chi connectivity index (χ2n) is 10.4. The van der Waals surface area contributed by atoms with Crippen molar-refractivity contribution in [3.63, 3.8) is 0 Å². The number of rotatable bonds is 10. The minimum atomic E-state index is -1.56. The van der Waals surface area contributed by atoms with Gasteiger partial charge in [0, 0.05) is 19.4 Å². The van der Waals surface area contributed by atoms with Crippen LogP contribution < -0.4 is 38.1 Å². The van der Waals surface area contributed by atoms with E-state index in [1.807, 2.05) is 0 Å². The Labute approximate surface area is 259 Å². The Bertz CT molecular complexity index is 1380. The summed E-state index contributed by atoms with van der Waals surface area (Å²) in [5.41, 5.74) is 12.1. The zero-order chi connectivity index (χ0) is 32.8. The van der Waals surface area contributed by atoms with Crippen molar-refractivity contribution in [1.29, 1.82) is 0 Å². The average molecular weight is 623 g/mol. The first kappa shape index (κ1) is 34.0. The van der Waals surface area contributed by atoms with Crippen LogP contribution in [0.15, 0.2) is 65.7 Å². The number of nitrogens with one attached hydrogen (secondary N) is 5. The third-order valence-corrected chi connectivity index (χ3v) is 6.86. The zero-order valence-electron chi connectivity index (χ0n) is 24.5. The number of carbonyl (C=O) groups excluding carboxylic acids is 5. The van der Waals surface area contributed by atoms with Crippen molar-refractivity contribution in [3.05, 3.63) is 71.8 Å². The highest BCUT2D eigenvalue weighted by molar-refractivity contribution is 5.98. The van der Waals surface area contributed by atoms with E-state index in [4.69, 9.17) is 11.5 Å². The second-order valence-corrected chi connectivity index (χ2v) is 10.4. The lowest BCUT2D eigenvalue weighted by molar-refractivity contribution is -0.141. The van der Waals surface area contributed by atoms with Crippen LogP contribution >= 0.6 is 0 Å². The number of guanidine groups is 1. The molecule has 2 aromatic rings. The molecule has 1 aliphatic heterocycles. The van der Waals surface area contributed by atoms with Crippen LogP contribution in [-0.4, -0.2) is 83.8 Å². The Balaban J connectivity index is 1.99. The molecule has 1 saturated heterocycles. The van der Waals surface area contributed by atoms with Crippen molar-refractivity contribution >= 4 is 41.5 Å². The predicted molar refractivity (Wildman–Crippen MR) is 163 cm³/mol. The number of nitrogens with zero attached hydrogens (tertiary/aromatic N) is 1. The molecule has 0 bridgehead atoms. The fourth-order valence-corrected chi connectivity index (χ4v) is 4.63. The second kappa shape index (κ2) is 17.0. The van der Waals surface area contributed by atoms with Gasteiger partial charge in [-0.15, -0.1) is 0 Å². The number of aliphatic imine (C=N–C) groups is 1. The standard InChI is InChI=1S/C30H38N8O7/c31-30(32)33-13-7-12-20-26(42)34-17-24(39)35-23(16-25(40)41)29(45)38-22(15-19-10-5-2-6-11-19)28(44)37-21(27(43)36-20)14-18-8-3-1-4-9-18/h1-6,8-11,20-23H,7,12-17H2,(H,34,42)(H,35,39)(H,36,43)(H,37,44)(H,38,45)(H,40,41)(H4,31,32,33)/t20-,21-,22-,23-/m0/s1. The normalized spacial score (nSPS) is 21.5. The Morgan fingerprint density at radius 2 is 1.20 bits per heavy atom. The van der Waals surface area contributed by atoms with Gasteiger partial charge in [0.15, 0.2) is 5.96 Å². The summed E-state index contributed by atoms with van der Waals surface area (Å²) in [4.78, 5) is 81.9. The van der Waals surface area contributed by atoms with Crippen LogP contribution in [0.25, 0.3) is 0 Å². The molecule has 3 rings (SSSR count). The molecule has 10 N–H and O–H groups in total. The smallest absolute Gasteiger partial charge is 0.305 e. The summed E-state index contributed by atoms with van der Waals surface area (Å²) >= 11 is 0. The van der Waals surface area contributed by atoms with Gasteiger partial charge in [0.25, 0.3) is 0 Å². The molecule has 4 atom stereocenters. The van der Waals surface area contributed by atoms with E-state index < -0.39 is 72.6 Å². The van der Waals surface area contributed by atoms with Gasteiger partial charge in [-0.2, -0.15) is 0 Å². The van der Waals surface area contributed by atoms with Crippen molar-refractivity contribution in [3.8, 4) is 0 Å². The monoisotopic (exact) mass is 622 g/mol. The summed E-state index contributed by atoms with van der Waals surface area (Å²) in [7, 11) is 0. The first-order valence-electron chi connectivity index (χ1n) is 14.3. The number of aliphatic carboxylic acids is 1. The summed E-state index contributed by atoms with van der Waals surface area (Å²) in [5, 5.41) is 22.0. The van der Waals surface area contributed by atoms with Gasteiger partial charge in [-0.1, -0.05) is 60.7 Å². The Morgan fingerprint density at radius 1 is 0.711 bits per heavy atom. The predicted octanol–water partition coefficient (Wildman–Crippen LogP) is -1.93. The van der Waals surface area contributed by atoms with Crippen molar-refractivity contribution in [2.24, 2.45) is 16.5 Å². The SMILES string of the molecule is NC(N)=NCCC[C@@H]1NC(=O)[C@H](Cc2ccccc2)NC(=O)[C@H](Cc2ccccc2)NC(=O)[C@H](CC(=O)O)NC(=O)CNC1=O. The van der Waals surface area contributed by atoms with Crippen LogP contribution in [0.1, 0.15) is 30.4 Å². The molecule has 2 aromatic carbocycles. The number of benzene rings is 2. The summed E-state index contributed by atoms with van der Waals surface area (Å²) in [6.07, 6.45) is -0.361. The minimum Gasteiger partial charge on any atom is -0.481 e. The minimum absolute atomic E-state index is 0.000709. The molecule has 15 heteroatoms.